The third kappa shape index (κ3) is 4.23. The van der Waals surface area contributed by atoms with Crippen LogP contribution in [-0.4, -0.2) is 44.9 Å². The Balaban J connectivity index is 2.66. The van der Waals surface area contributed by atoms with E-state index in [1.807, 2.05) is 20.8 Å². The first-order valence-corrected chi connectivity index (χ1v) is 6.83. The maximum absolute atomic E-state index is 12.0. The van der Waals surface area contributed by atoms with Crippen LogP contribution in [0.25, 0.3) is 0 Å². The van der Waals surface area contributed by atoms with E-state index < -0.39 is 6.10 Å². The van der Waals surface area contributed by atoms with Crippen molar-refractivity contribution in [2.45, 2.75) is 46.3 Å². The molecule has 1 unspecified atom stereocenters. The molecule has 6 nitrogen and oxygen atoms in total. The molecule has 0 bridgehead atoms. The fourth-order valence-electron chi connectivity index (χ4n) is 1.42. The van der Waals surface area contributed by atoms with Gasteiger partial charge in [-0.05, 0) is 27.2 Å². The highest BCUT2D eigenvalue weighted by molar-refractivity contribution is 7.15. The number of anilines is 1. The van der Waals surface area contributed by atoms with Crippen LogP contribution in [0.2, 0.25) is 0 Å². The molecule has 0 saturated carbocycles. The monoisotopic (exact) mass is 272 g/mol. The molecule has 0 radical (unpaired) electrons. The zero-order valence-electron chi connectivity index (χ0n) is 11.2. The van der Waals surface area contributed by atoms with Crippen molar-refractivity contribution in [3.8, 4) is 0 Å². The standard InChI is InChI=1S/C11H20N4O2S/c1-5-9-13-14-10(18-9)12-11(17)15(7(2)3)6-8(4)16/h7-8,16H,5-6H2,1-4H3,(H,12,14,17). The van der Waals surface area contributed by atoms with Crippen LogP contribution in [0.5, 0.6) is 0 Å². The van der Waals surface area contributed by atoms with Crippen molar-refractivity contribution in [2.75, 3.05) is 11.9 Å². The van der Waals surface area contributed by atoms with E-state index in [-0.39, 0.29) is 12.1 Å². The predicted molar refractivity (Wildman–Crippen MR) is 71.8 cm³/mol. The summed E-state index contributed by atoms with van der Waals surface area (Å²) in [5, 5.41) is 21.3. The van der Waals surface area contributed by atoms with Gasteiger partial charge < -0.3 is 10.0 Å². The zero-order chi connectivity index (χ0) is 13.7. The van der Waals surface area contributed by atoms with Gasteiger partial charge in [-0.25, -0.2) is 4.79 Å². The first-order valence-electron chi connectivity index (χ1n) is 6.02. The topological polar surface area (TPSA) is 78.4 Å². The summed E-state index contributed by atoms with van der Waals surface area (Å²) < 4.78 is 0. The first-order chi connectivity index (χ1) is 8.43. The second kappa shape index (κ2) is 6.65. The molecule has 1 heterocycles. The molecule has 1 aromatic rings. The average molecular weight is 272 g/mol. The number of aliphatic hydroxyl groups is 1. The Morgan fingerprint density at radius 1 is 1.44 bits per heavy atom. The molecule has 0 aliphatic rings. The number of carbonyl (C=O) groups excluding carboxylic acids is 1. The van der Waals surface area contributed by atoms with Gasteiger partial charge in [-0.1, -0.05) is 18.3 Å². The molecule has 2 N–H and O–H groups in total. The number of hydrogen-bond donors (Lipinski definition) is 2. The van der Waals surface area contributed by atoms with E-state index >= 15 is 0 Å². The summed E-state index contributed by atoms with van der Waals surface area (Å²) in [5.41, 5.74) is 0. The van der Waals surface area contributed by atoms with Crippen LogP contribution < -0.4 is 5.32 Å². The van der Waals surface area contributed by atoms with Crippen molar-refractivity contribution < 1.29 is 9.90 Å². The SMILES string of the molecule is CCc1nnc(NC(=O)N(CC(C)O)C(C)C)s1. The molecule has 0 spiro atoms. The number of aryl methyl sites for hydroxylation is 1. The fourth-order valence-corrected chi connectivity index (χ4v) is 2.09. The van der Waals surface area contributed by atoms with Crippen LogP contribution in [0.3, 0.4) is 0 Å². The van der Waals surface area contributed by atoms with Crippen LogP contribution in [-0.2, 0) is 6.42 Å². The second-order valence-corrected chi connectivity index (χ2v) is 5.44. The number of carbonyl (C=O) groups is 1. The molecule has 1 aromatic heterocycles. The number of amides is 2. The molecule has 7 heteroatoms. The zero-order valence-corrected chi connectivity index (χ0v) is 12.0. The van der Waals surface area contributed by atoms with E-state index in [9.17, 15) is 9.90 Å². The Kier molecular flexibility index (Phi) is 5.49. The van der Waals surface area contributed by atoms with Gasteiger partial charge in [0.05, 0.1) is 6.10 Å². The Labute approximate surface area is 111 Å². The molecular formula is C11H20N4O2S. The molecule has 0 aromatic carbocycles. The number of nitrogens with zero attached hydrogens (tertiary/aromatic N) is 3. The Morgan fingerprint density at radius 2 is 2.11 bits per heavy atom. The highest BCUT2D eigenvalue weighted by Gasteiger charge is 2.19. The van der Waals surface area contributed by atoms with Gasteiger partial charge in [-0.2, -0.15) is 0 Å². The summed E-state index contributed by atoms with van der Waals surface area (Å²) in [5.74, 6) is 0. The van der Waals surface area contributed by atoms with Crippen LogP contribution in [0, 0.1) is 0 Å². The van der Waals surface area contributed by atoms with Crippen molar-refractivity contribution >= 4 is 22.5 Å². The van der Waals surface area contributed by atoms with E-state index in [0.717, 1.165) is 11.4 Å². The summed E-state index contributed by atoms with van der Waals surface area (Å²) in [6, 6.07) is -0.247. The van der Waals surface area contributed by atoms with Crippen molar-refractivity contribution in [1.29, 1.82) is 0 Å². The smallest absolute Gasteiger partial charge is 0.324 e. The highest BCUT2D eigenvalue weighted by Crippen LogP contribution is 2.16. The third-order valence-electron chi connectivity index (χ3n) is 2.33. The minimum atomic E-state index is -0.557. The van der Waals surface area contributed by atoms with Gasteiger partial charge in [0.2, 0.25) is 5.13 Å². The molecule has 0 aliphatic heterocycles. The average Bonchev–Trinajstić information content (AvgIpc) is 2.72. The number of urea groups is 1. The lowest BCUT2D eigenvalue weighted by Crippen LogP contribution is -2.43. The maximum Gasteiger partial charge on any atom is 0.324 e. The van der Waals surface area contributed by atoms with Crippen molar-refractivity contribution in [3.05, 3.63) is 5.01 Å². The van der Waals surface area contributed by atoms with Crippen molar-refractivity contribution in [3.63, 3.8) is 0 Å². The van der Waals surface area contributed by atoms with Crippen LogP contribution in [0.4, 0.5) is 9.93 Å². The van der Waals surface area contributed by atoms with Gasteiger partial charge in [0, 0.05) is 12.6 Å². The quantitative estimate of drug-likeness (QED) is 0.855. The molecule has 18 heavy (non-hydrogen) atoms. The lowest BCUT2D eigenvalue weighted by Gasteiger charge is -2.27. The van der Waals surface area contributed by atoms with Gasteiger partial charge in [0.1, 0.15) is 5.01 Å². The highest BCUT2D eigenvalue weighted by atomic mass is 32.1. The summed E-state index contributed by atoms with van der Waals surface area (Å²) in [7, 11) is 0. The van der Waals surface area contributed by atoms with Crippen LogP contribution in [0.15, 0.2) is 0 Å². The molecule has 0 aliphatic carbocycles. The molecule has 2 amide bonds. The second-order valence-electron chi connectivity index (χ2n) is 4.38. The van der Waals surface area contributed by atoms with Gasteiger partial charge >= 0.3 is 6.03 Å². The van der Waals surface area contributed by atoms with Crippen molar-refractivity contribution in [2.24, 2.45) is 0 Å². The van der Waals surface area contributed by atoms with E-state index in [1.54, 1.807) is 11.8 Å². The maximum atomic E-state index is 12.0. The van der Waals surface area contributed by atoms with E-state index in [0.29, 0.717) is 11.7 Å². The summed E-state index contributed by atoms with van der Waals surface area (Å²) in [4.78, 5) is 13.6. The molecule has 0 fully saturated rings. The number of rotatable bonds is 5. The molecule has 1 rings (SSSR count). The number of aromatic nitrogens is 2. The van der Waals surface area contributed by atoms with Crippen LogP contribution in [0.1, 0.15) is 32.7 Å². The summed E-state index contributed by atoms with van der Waals surface area (Å²) in [6.45, 7) is 7.74. The molecule has 0 saturated heterocycles. The Morgan fingerprint density at radius 3 is 2.56 bits per heavy atom. The first kappa shape index (κ1) is 14.8. The Hall–Kier alpha value is -1.21. The Bertz CT molecular complexity index is 392. The fraction of sp³-hybridized carbons (Fsp3) is 0.727. The van der Waals surface area contributed by atoms with E-state index in [1.165, 1.54) is 11.3 Å². The lowest BCUT2D eigenvalue weighted by molar-refractivity contribution is 0.125. The molecule has 1 atom stereocenters. The van der Waals surface area contributed by atoms with Gasteiger partial charge in [-0.3, -0.25) is 5.32 Å². The van der Waals surface area contributed by atoms with Crippen LogP contribution >= 0.6 is 11.3 Å². The van der Waals surface area contributed by atoms with Gasteiger partial charge in [0.25, 0.3) is 0 Å². The largest absolute Gasteiger partial charge is 0.392 e. The van der Waals surface area contributed by atoms with Gasteiger partial charge in [0.15, 0.2) is 0 Å². The summed E-state index contributed by atoms with van der Waals surface area (Å²) >= 11 is 1.37. The van der Waals surface area contributed by atoms with Gasteiger partial charge in [-0.15, -0.1) is 10.2 Å². The predicted octanol–water partition coefficient (Wildman–Crippen LogP) is 1.72. The number of nitrogens with one attached hydrogen (secondary N) is 1. The van der Waals surface area contributed by atoms with E-state index in [4.69, 9.17) is 0 Å². The van der Waals surface area contributed by atoms with Crippen molar-refractivity contribution in [1.82, 2.24) is 15.1 Å². The van der Waals surface area contributed by atoms with E-state index in [2.05, 4.69) is 15.5 Å². The summed E-state index contributed by atoms with van der Waals surface area (Å²) in [6.07, 6.45) is 0.244. The molecule has 102 valence electrons. The number of aliphatic hydroxyl groups excluding tert-OH is 1. The lowest BCUT2D eigenvalue weighted by atomic mass is 10.3. The normalized spacial score (nSPS) is 12.6. The molecular weight excluding hydrogens is 252 g/mol. The minimum Gasteiger partial charge on any atom is -0.392 e. The minimum absolute atomic E-state index is 0.0122. The third-order valence-corrected chi connectivity index (χ3v) is 3.31. The number of hydrogen-bond acceptors (Lipinski definition) is 5.